The lowest BCUT2D eigenvalue weighted by atomic mass is 13.6. The standard InChI is InChI=1S/H6N3O3P/c1-5-7(3,4)6-2/h1-2H2,(H2,3,4). The summed E-state index contributed by atoms with van der Waals surface area (Å²) in [6, 6.07) is 0. The quantitative estimate of drug-likeness (QED) is 0.318. The summed E-state index contributed by atoms with van der Waals surface area (Å²) >= 11 is 0. The maximum absolute atomic E-state index is 10.0. The lowest BCUT2D eigenvalue weighted by Gasteiger charge is -2.01. The molecule has 0 heterocycles. The minimum atomic E-state index is -3.60. The second-order valence-electron chi connectivity index (χ2n) is 0.751. The highest BCUT2D eigenvalue weighted by atomic mass is 31.2. The molecule has 0 amide bonds. The summed E-state index contributed by atoms with van der Waals surface area (Å²) in [5.41, 5.74) is 4.58. The fraction of sp³-hybridized carbons (Fsp3) is 0. The Balaban J connectivity index is 3.61. The number of rotatable bonds is 2. The van der Waals surface area contributed by atoms with E-state index in [-0.39, 0.29) is 0 Å². The number of nitrogens with two attached hydrogens (primary N) is 3. The Kier molecular flexibility index (Phi) is 2.38. The molecule has 44 valence electrons. The van der Waals surface area contributed by atoms with Gasteiger partial charge in [0, 0.05) is 0 Å². The molecule has 0 saturated heterocycles. The molecule has 0 aromatic carbocycles. The lowest BCUT2D eigenvalue weighted by Crippen LogP contribution is -2.10. The van der Waals surface area contributed by atoms with Crippen LogP contribution in [0.15, 0.2) is 0 Å². The smallest absolute Gasteiger partial charge is 0.238 e. The van der Waals surface area contributed by atoms with Crippen LogP contribution < -0.4 is 17.3 Å². The minimum Gasteiger partial charge on any atom is -0.238 e. The summed E-state index contributed by atoms with van der Waals surface area (Å²) in [5.74, 6) is 8.65. The summed E-state index contributed by atoms with van der Waals surface area (Å²) in [6.45, 7) is 0. The molecule has 0 unspecified atom stereocenters. The van der Waals surface area contributed by atoms with Crippen LogP contribution in [0.4, 0.5) is 0 Å². The third-order valence-corrected chi connectivity index (χ3v) is 0.882. The largest absolute Gasteiger partial charge is 0.435 e. The van der Waals surface area contributed by atoms with Crippen LogP contribution in [0.2, 0.25) is 0 Å². The normalized spacial score (nSPS) is 11.9. The van der Waals surface area contributed by atoms with E-state index in [1.54, 1.807) is 0 Å². The second-order valence-corrected chi connectivity index (χ2v) is 2.25. The van der Waals surface area contributed by atoms with Gasteiger partial charge in [0.2, 0.25) is 0 Å². The Bertz CT molecular complexity index is 82.2. The van der Waals surface area contributed by atoms with Crippen molar-refractivity contribution in [3.8, 4) is 0 Å². The molecular formula is H6N3O3P. The molecule has 0 aromatic heterocycles. The van der Waals surface area contributed by atoms with Crippen LogP contribution in [-0.2, 0) is 13.8 Å². The fourth-order valence-corrected chi connectivity index (χ4v) is 0.0745. The number of hydrogen-bond acceptors (Lipinski definition) is 5. The Labute approximate surface area is 40.0 Å². The monoisotopic (exact) mass is 127 g/mol. The van der Waals surface area contributed by atoms with Crippen LogP contribution in [0.1, 0.15) is 0 Å². The summed E-state index contributed by atoms with van der Waals surface area (Å²) in [5, 5.41) is 0. The van der Waals surface area contributed by atoms with E-state index in [9.17, 15) is 4.57 Å². The molecule has 7 heavy (non-hydrogen) atoms. The molecule has 7 heteroatoms. The van der Waals surface area contributed by atoms with Crippen LogP contribution in [0.3, 0.4) is 0 Å². The van der Waals surface area contributed by atoms with Gasteiger partial charge in [-0.1, -0.05) is 0 Å². The minimum absolute atomic E-state index is 3.57. The van der Waals surface area contributed by atoms with Gasteiger partial charge in [0.05, 0.1) is 0 Å². The number of hydrogen-bond donors (Lipinski definition) is 3. The van der Waals surface area contributed by atoms with E-state index in [1.165, 1.54) is 0 Å². The molecule has 0 radical (unpaired) electrons. The van der Waals surface area contributed by atoms with Crippen LogP contribution in [0.25, 0.3) is 0 Å². The first-order valence-electron chi connectivity index (χ1n) is 1.28. The van der Waals surface area contributed by atoms with Gasteiger partial charge < -0.3 is 0 Å². The van der Waals surface area contributed by atoms with E-state index < -0.39 is 7.75 Å². The van der Waals surface area contributed by atoms with Crippen molar-refractivity contribution in [1.29, 1.82) is 0 Å². The summed E-state index contributed by atoms with van der Waals surface area (Å²) in [6.07, 6.45) is 0. The SMILES string of the molecule is NOP(N)(=O)ON. The second kappa shape index (κ2) is 2.37. The first kappa shape index (κ1) is 7.03. The van der Waals surface area contributed by atoms with Gasteiger partial charge in [-0.15, -0.1) is 0 Å². The predicted octanol–water partition coefficient (Wildman–Crippen LogP) is -1.17. The zero-order valence-corrected chi connectivity index (χ0v) is 4.30. The van der Waals surface area contributed by atoms with E-state index in [0.29, 0.717) is 0 Å². The van der Waals surface area contributed by atoms with Crippen molar-refractivity contribution >= 4 is 7.75 Å². The molecule has 0 rings (SSSR count). The molecule has 0 aromatic rings. The Morgan fingerprint density at radius 3 is 1.57 bits per heavy atom. The highest BCUT2D eigenvalue weighted by Crippen LogP contribution is 2.32. The summed E-state index contributed by atoms with van der Waals surface area (Å²) < 4.78 is 17.2. The Morgan fingerprint density at radius 2 is 1.57 bits per heavy atom. The van der Waals surface area contributed by atoms with Crippen LogP contribution in [-0.4, -0.2) is 0 Å². The van der Waals surface area contributed by atoms with Crippen molar-refractivity contribution in [2.75, 3.05) is 0 Å². The zero-order chi connectivity index (χ0) is 5.91. The maximum Gasteiger partial charge on any atom is 0.435 e. The Morgan fingerprint density at radius 1 is 1.29 bits per heavy atom. The van der Waals surface area contributed by atoms with Crippen LogP contribution >= 0.6 is 7.75 Å². The van der Waals surface area contributed by atoms with Crippen molar-refractivity contribution in [2.45, 2.75) is 0 Å². The molecule has 0 aliphatic heterocycles. The first-order valence-corrected chi connectivity index (χ1v) is 2.89. The van der Waals surface area contributed by atoms with E-state index in [2.05, 4.69) is 26.5 Å². The van der Waals surface area contributed by atoms with Gasteiger partial charge >= 0.3 is 7.75 Å². The van der Waals surface area contributed by atoms with Gasteiger partial charge in [-0.25, -0.2) is 31.1 Å². The van der Waals surface area contributed by atoms with Crippen molar-refractivity contribution in [3.05, 3.63) is 0 Å². The van der Waals surface area contributed by atoms with E-state index in [4.69, 9.17) is 0 Å². The topological polar surface area (TPSA) is 114 Å². The Hall–Kier alpha value is 0.0300. The van der Waals surface area contributed by atoms with Crippen molar-refractivity contribution in [2.24, 2.45) is 17.3 Å². The average molecular weight is 127 g/mol. The van der Waals surface area contributed by atoms with Gasteiger partial charge in [-0.2, -0.15) is 0 Å². The van der Waals surface area contributed by atoms with E-state index >= 15 is 0 Å². The van der Waals surface area contributed by atoms with Gasteiger partial charge in [-0.05, 0) is 0 Å². The maximum atomic E-state index is 10.0. The molecule has 0 bridgehead atoms. The lowest BCUT2D eigenvalue weighted by molar-refractivity contribution is 0.212. The molecule has 0 saturated carbocycles. The molecule has 0 aliphatic rings. The van der Waals surface area contributed by atoms with Crippen LogP contribution in [0.5, 0.6) is 0 Å². The summed E-state index contributed by atoms with van der Waals surface area (Å²) in [4.78, 5) is 0. The molecule has 0 atom stereocenters. The van der Waals surface area contributed by atoms with Gasteiger partial charge in [0.15, 0.2) is 0 Å². The fourth-order valence-electron chi connectivity index (χ4n) is 0.0248. The van der Waals surface area contributed by atoms with Crippen molar-refractivity contribution in [3.63, 3.8) is 0 Å². The highest BCUT2D eigenvalue weighted by Gasteiger charge is 2.12. The average Bonchev–Trinajstić information content (AvgIpc) is 1.68. The molecular weight excluding hydrogens is 121 g/mol. The molecule has 0 fully saturated rings. The van der Waals surface area contributed by atoms with Gasteiger partial charge in [0.25, 0.3) is 0 Å². The predicted molar refractivity (Wildman–Crippen MR) is 22.3 cm³/mol. The third-order valence-electron chi connectivity index (χ3n) is 0.294. The van der Waals surface area contributed by atoms with Gasteiger partial charge in [-0.3, -0.25) is 0 Å². The van der Waals surface area contributed by atoms with E-state index in [1.807, 2.05) is 0 Å². The first-order chi connectivity index (χ1) is 3.12. The van der Waals surface area contributed by atoms with Gasteiger partial charge in [0.1, 0.15) is 0 Å². The molecule has 6 N–H and O–H groups in total. The van der Waals surface area contributed by atoms with Crippen LogP contribution in [0, 0.1) is 0 Å². The molecule has 0 spiro atoms. The molecule has 0 aliphatic carbocycles. The third kappa shape index (κ3) is 2.69. The molecule has 6 nitrogen and oxygen atoms in total. The van der Waals surface area contributed by atoms with Crippen molar-refractivity contribution < 1.29 is 13.8 Å². The van der Waals surface area contributed by atoms with Crippen molar-refractivity contribution in [1.82, 2.24) is 0 Å². The zero-order valence-electron chi connectivity index (χ0n) is 3.40. The summed E-state index contributed by atoms with van der Waals surface area (Å²) in [7, 11) is -3.60. The highest BCUT2D eigenvalue weighted by molar-refractivity contribution is 7.51. The van der Waals surface area contributed by atoms with E-state index in [0.717, 1.165) is 0 Å².